The minimum atomic E-state index is 0. The molecule has 3 rings (SSSR count). The van der Waals surface area contributed by atoms with Gasteiger partial charge in [0.25, 0.3) is 0 Å². The van der Waals surface area contributed by atoms with E-state index in [0.29, 0.717) is 25.9 Å². The molecule has 1 saturated heterocycles. The van der Waals surface area contributed by atoms with Crippen LogP contribution in [-0.2, 0) is 22.7 Å². The van der Waals surface area contributed by atoms with Crippen LogP contribution in [0.3, 0.4) is 0 Å². The molecule has 0 aliphatic carbocycles. The number of rotatable bonds is 9. The molecule has 8 heteroatoms. The average Bonchev–Trinajstić information content (AvgIpc) is 3.34. The van der Waals surface area contributed by atoms with Crippen molar-refractivity contribution in [2.75, 3.05) is 32.7 Å². The molecule has 1 aromatic carbocycles. The van der Waals surface area contributed by atoms with Gasteiger partial charge in [0, 0.05) is 58.7 Å². The second-order valence-electron chi connectivity index (χ2n) is 7.65. The lowest BCUT2D eigenvalue weighted by Crippen LogP contribution is -2.38. The zero-order chi connectivity index (χ0) is 20.5. The number of benzene rings is 1. The van der Waals surface area contributed by atoms with Gasteiger partial charge in [0.05, 0.1) is 0 Å². The van der Waals surface area contributed by atoms with Crippen molar-refractivity contribution < 1.29 is 9.59 Å². The molecule has 30 heavy (non-hydrogen) atoms. The van der Waals surface area contributed by atoms with Gasteiger partial charge in [0.1, 0.15) is 0 Å². The molecule has 0 unspecified atom stereocenters. The second kappa shape index (κ2) is 12.8. The van der Waals surface area contributed by atoms with E-state index in [0.717, 1.165) is 57.9 Å². The maximum atomic E-state index is 12.5. The fraction of sp³-hybridized carbons (Fsp3) is 0.591. The zero-order valence-corrected chi connectivity index (χ0v) is 20.2. The topological polar surface area (TPSA) is 77.0 Å². The number of carbonyl (C=O) groups is 2. The summed E-state index contributed by atoms with van der Waals surface area (Å²) in [5.74, 6) is 1.26. The molecule has 0 bridgehead atoms. The van der Waals surface area contributed by atoms with Crippen LogP contribution >= 0.6 is 24.0 Å². The fourth-order valence-corrected chi connectivity index (χ4v) is 3.85. The minimum Gasteiger partial charge on any atom is -0.357 e. The monoisotopic (exact) mass is 527 g/mol. The Hall–Kier alpha value is -1.84. The van der Waals surface area contributed by atoms with Crippen LogP contribution in [0, 0.1) is 0 Å². The molecule has 2 aliphatic rings. The first kappa shape index (κ1) is 24.4. The first-order valence-corrected chi connectivity index (χ1v) is 10.8. The molecule has 0 aromatic heterocycles. The molecule has 2 amide bonds. The van der Waals surface area contributed by atoms with Gasteiger partial charge in [-0.2, -0.15) is 0 Å². The minimum absolute atomic E-state index is 0. The third-order valence-electron chi connectivity index (χ3n) is 5.43. The number of halogens is 1. The second-order valence-corrected chi connectivity index (χ2v) is 7.65. The molecule has 166 valence electrons. The molecule has 2 N–H and O–H groups in total. The summed E-state index contributed by atoms with van der Waals surface area (Å²) in [7, 11) is 0. The van der Waals surface area contributed by atoms with E-state index < -0.39 is 0 Å². The summed E-state index contributed by atoms with van der Waals surface area (Å²) < 4.78 is 0. The molecule has 0 saturated carbocycles. The van der Waals surface area contributed by atoms with Crippen molar-refractivity contribution >= 4 is 41.8 Å². The van der Waals surface area contributed by atoms with E-state index in [1.165, 1.54) is 11.1 Å². The quantitative estimate of drug-likeness (QED) is 0.224. The van der Waals surface area contributed by atoms with Crippen LogP contribution in [0.5, 0.6) is 0 Å². The standard InChI is InChI=1S/C22H33N5O2.HI/c1-2-23-22(25-13-7-15-26-14-6-11-20(26)28)24-12-5-10-21(29)27-16-18-8-3-4-9-19(18)17-27;/h3-4,8-9H,2,5-7,10-17H2,1H3,(H2,23,24,25);1H. The van der Waals surface area contributed by atoms with Crippen LogP contribution in [0.1, 0.15) is 50.2 Å². The summed E-state index contributed by atoms with van der Waals surface area (Å²) in [5, 5.41) is 6.55. The van der Waals surface area contributed by atoms with Crippen LogP contribution in [-0.4, -0.2) is 60.3 Å². The fourth-order valence-electron chi connectivity index (χ4n) is 3.85. The number of aliphatic imine (C=N–C) groups is 1. The smallest absolute Gasteiger partial charge is 0.223 e. The Balaban J connectivity index is 0.00000320. The van der Waals surface area contributed by atoms with Crippen molar-refractivity contribution in [2.24, 2.45) is 4.99 Å². The average molecular weight is 527 g/mol. The summed E-state index contributed by atoms with van der Waals surface area (Å²) in [6, 6.07) is 8.26. The first-order chi connectivity index (χ1) is 14.2. The van der Waals surface area contributed by atoms with E-state index in [1.807, 2.05) is 28.9 Å². The van der Waals surface area contributed by atoms with E-state index >= 15 is 0 Å². The van der Waals surface area contributed by atoms with Crippen LogP contribution < -0.4 is 10.6 Å². The highest BCUT2D eigenvalue weighted by Gasteiger charge is 2.22. The number of likely N-dealkylation sites (tertiary alicyclic amines) is 1. The highest BCUT2D eigenvalue weighted by atomic mass is 127. The van der Waals surface area contributed by atoms with Gasteiger partial charge >= 0.3 is 0 Å². The maximum Gasteiger partial charge on any atom is 0.223 e. The van der Waals surface area contributed by atoms with Crippen molar-refractivity contribution in [2.45, 2.75) is 52.1 Å². The number of fused-ring (bicyclic) bond motifs is 1. The summed E-state index contributed by atoms with van der Waals surface area (Å²) in [4.78, 5) is 32.5. The number of guanidine groups is 1. The van der Waals surface area contributed by atoms with Gasteiger partial charge in [0.15, 0.2) is 5.96 Å². The lowest BCUT2D eigenvalue weighted by atomic mass is 10.1. The van der Waals surface area contributed by atoms with Crippen LogP contribution in [0.15, 0.2) is 29.3 Å². The number of nitrogens with zero attached hydrogens (tertiary/aromatic N) is 3. The molecular weight excluding hydrogens is 493 g/mol. The third-order valence-corrected chi connectivity index (χ3v) is 5.43. The number of carbonyl (C=O) groups excluding carboxylic acids is 2. The van der Waals surface area contributed by atoms with Crippen molar-refractivity contribution in [1.29, 1.82) is 0 Å². The summed E-state index contributed by atoms with van der Waals surface area (Å²) in [6.07, 6.45) is 3.86. The molecule has 0 radical (unpaired) electrons. The van der Waals surface area contributed by atoms with Gasteiger partial charge in [-0.3, -0.25) is 14.6 Å². The van der Waals surface area contributed by atoms with Gasteiger partial charge in [-0.1, -0.05) is 24.3 Å². The Morgan fingerprint density at radius 2 is 1.87 bits per heavy atom. The summed E-state index contributed by atoms with van der Waals surface area (Å²) in [5.41, 5.74) is 2.52. The van der Waals surface area contributed by atoms with Crippen LogP contribution in [0.2, 0.25) is 0 Å². The number of hydrogen-bond donors (Lipinski definition) is 2. The van der Waals surface area contributed by atoms with Crippen molar-refractivity contribution in [1.82, 2.24) is 20.4 Å². The lowest BCUT2D eigenvalue weighted by Gasteiger charge is -2.16. The Morgan fingerprint density at radius 1 is 1.13 bits per heavy atom. The highest BCUT2D eigenvalue weighted by Crippen LogP contribution is 2.22. The van der Waals surface area contributed by atoms with Gasteiger partial charge < -0.3 is 20.4 Å². The van der Waals surface area contributed by atoms with Gasteiger partial charge in [-0.05, 0) is 37.3 Å². The van der Waals surface area contributed by atoms with Crippen molar-refractivity contribution in [3.8, 4) is 0 Å². The number of hydrogen-bond acceptors (Lipinski definition) is 3. The Labute approximate surface area is 196 Å². The Morgan fingerprint density at radius 3 is 2.50 bits per heavy atom. The zero-order valence-electron chi connectivity index (χ0n) is 17.9. The van der Waals surface area contributed by atoms with Gasteiger partial charge in [-0.25, -0.2) is 0 Å². The molecule has 0 spiro atoms. The first-order valence-electron chi connectivity index (χ1n) is 10.8. The van der Waals surface area contributed by atoms with Crippen LogP contribution in [0.25, 0.3) is 0 Å². The van der Waals surface area contributed by atoms with Crippen molar-refractivity contribution in [3.05, 3.63) is 35.4 Å². The summed E-state index contributed by atoms with van der Waals surface area (Å²) in [6.45, 7) is 7.35. The Bertz CT molecular complexity index is 715. The van der Waals surface area contributed by atoms with Crippen molar-refractivity contribution in [3.63, 3.8) is 0 Å². The van der Waals surface area contributed by atoms with Gasteiger partial charge in [-0.15, -0.1) is 24.0 Å². The molecular formula is C22H34IN5O2. The molecule has 7 nitrogen and oxygen atoms in total. The molecule has 2 heterocycles. The SMILES string of the molecule is CCNC(=NCCCN1CCCC1=O)NCCCC(=O)N1Cc2ccccc2C1.I. The molecule has 2 aliphatic heterocycles. The lowest BCUT2D eigenvalue weighted by molar-refractivity contribution is -0.132. The molecule has 0 atom stereocenters. The molecule has 1 fully saturated rings. The predicted octanol–water partition coefficient (Wildman–Crippen LogP) is 2.49. The summed E-state index contributed by atoms with van der Waals surface area (Å²) >= 11 is 0. The van der Waals surface area contributed by atoms with E-state index in [-0.39, 0.29) is 35.8 Å². The Kier molecular flexibility index (Phi) is 10.4. The van der Waals surface area contributed by atoms with E-state index in [2.05, 4.69) is 27.8 Å². The third kappa shape index (κ3) is 7.14. The van der Waals surface area contributed by atoms with Crippen LogP contribution in [0.4, 0.5) is 0 Å². The van der Waals surface area contributed by atoms with E-state index in [1.54, 1.807) is 0 Å². The highest BCUT2D eigenvalue weighted by molar-refractivity contribution is 14.0. The molecule has 1 aromatic rings. The number of amides is 2. The largest absolute Gasteiger partial charge is 0.357 e. The van der Waals surface area contributed by atoms with E-state index in [4.69, 9.17) is 0 Å². The maximum absolute atomic E-state index is 12.5. The normalized spacial score (nSPS) is 15.8. The van der Waals surface area contributed by atoms with E-state index in [9.17, 15) is 9.59 Å². The number of nitrogens with one attached hydrogen (secondary N) is 2. The van der Waals surface area contributed by atoms with Gasteiger partial charge in [0.2, 0.25) is 11.8 Å². The predicted molar refractivity (Wildman–Crippen MR) is 130 cm³/mol.